The maximum absolute atomic E-state index is 12.5. The minimum Gasteiger partial charge on any atom is -0.617 e. The smallest absolute Gasteiger partial charge is 0.411 e. The van der Waals surface area contributed by atoms with E-state index in [4.69, 9.17) is 4.74 Å². The van der Waals surface area contributed by atoms with Crippen molar-refractivity contribution in [1.82, 2.24) is 9.88 Å². The highest BCUT2D eigenvalue weighted by atomic mass is 32.2. The van der Waals surface area contributed by atoms with Gasteiger partial charge >= 0.3 is 12.1 Å². The number of aryl methyl sites for hydroxylation is 1. The summed E-state index contributed by atoms with van der Waals surface area (Å²) >= 11 is -1.14. The van der Waals surface area contributed by atoms with Crippen molar-refractivity contribution >= 4 is 23.2 Å². The molecule has 0 bridgehead atoms. The number of pyridine rings is 1. The predicted octanol–water partition coefficient (Wildman–Crippen LogP) is 2.47. The standard InChI is InChI=1S/C18H28N2O5S/c1-18(2,3)25-17(23)20(15(16(21)22)9-12-26(4)24)11-6-8-14-7-5-10-19-13-14/h5,7,10,13,15H,6,8-9,11-12H2,1-4H3,(H,21,22)/t15-,26?/m0/s1. The lowest BCUT2D eigenvalue weighted by molar-refractivity contribution is -0.143. The largest absolute Gasteiger partial charge is 0.617 e. The van der Waals surface area contributed by atoms with Gasteiger partial charge in [0.1, 0.15) is 17.4 Å². The number of hydrogen-bond acceptors (Lipinski definition) is 5. The van der Waals surface area contributed by atoms with E-state index in [2.05, 4.69) is 4.98 Å². The van der Waals surface area contributed by atoms with Crippen molar-refractivity contribution in [3.8, 4) is 0 Å². The summed E-state index contributed by atoms with van der Waals surface area (Å²) in [6, 6.07) is 2.69. The van der Waals surface area contributed by atoms with Crippen molar-refractivity contribution in [2.24, 2.45) is 0 Å². The summed E-state index contributed by atoms with van der Waals surface area (Å²) < 4.78 is 16.7. The molecule has 1 aromatic rings. The van der Waals surface area contributed by atoms with Gasteiger partial charge in [-0.25, -0.2) is 9.59 Å². The first-order valence-corrected chi connectivity index (χ1v) is 10.2. The maximum atomic E-state index is 12.5. The van der Waals surface area contributed by atoms with Crippen molar-refractivity contribution in [1.29, 1.82) is 0 Å². The molecule has 0 saturated carbocycles. The highest BCUT2D eigenvalue weighted by Gasteiger charge is 2.33. The predicted molar refractivity (Wildman–Crippen MR) is 100 cm³/mol. The molecule has 2 atom stereocenters. The molecule has 0 aliphatic rings. The first kappa shape index (κ1) is 22.2. The number of aliphatic carboxylic acids is 1. The van der Waals surface area contributed by atoms with Crippen LogP contribution in [0, 0.1) is 0 Å². The summed E-state index contributed by atoms with van der Waals surface area (Å²) in [4.78, 5) is 29.5. The van der Waals surface area contributed by atoms with Crippen LogP contribution in [0.3, 0.4) is 0 Å². The van der Waals surface area contributed by atoms with Gasteiger partial charge in [0.15, 0.2) is 0 Å². The first-order chi connectivity index (χ1) is 12.1. The van der Waals surface area contributed by atoms with Crippen LogP contribution in [0.4, 0.5) is 4.79 Å². The molecular formula is C18H28N2O5S. The second-order valence-electron chi connectivity index (χ2n) is 7.06. The lowest BCUT2D eigenvalue weighted by atomic mass is 10.1. The Balaban J connectivity index is 2.84. The summed E-state index contributed by atoms with van der Waals surface area (Å²) in [5.41, 5.74) is 0.285. The number of carbonyl (C=O) groups is 2. The lowest BCUT2D eigenvalue weighted by Gasteiger charge is -2.31. The number of carboxylic acid groups (broad SMARTS) is 1. The van der Waals surface area contributed by atoms with E-state index in [0.29, 0.717) is 12.8 Å². The monoisotopic (exact) mass is 384 g/mol. The molecule has 146 valence electrons. The number of hydrogen-bond donors (Lipinski definition) is 1. The molecule has 1 heterocycles. The van der Waals surface area contributed by atoms with Gasteiger partial charge < -0.3 is 14.4 Å². The second kappa shape index (κ2) is 10.4. The van der Waals surface area contributed by atoms with Gasteiger partial charge in [-0.05, 0) is 45.2 Å². The van der Waals surface area contributed by atoms with E-state index in [1.54, 1.807) is 33.2 Å². The van der Waals surface area contributed by atoms with Crippen molar-refractivity contribution in [2.45, 2.75) is 51.7 Å². The minimum atomic E-state index is -1.14. The highest BCUT2D eigenvalue weighted by Crippen LogP contribution is 2.16. The first-order valence-electron chi connectivity index (χ1n) is 8.51. The Morgan fingerprint density at radius 2 is 2.12 bits per heavy atom. The number of carbonyl (C=O) groups excluding carboxylic acids is 1. The maximum Gasteiger partial charge on any atom is 0.411 e. The van der Waals surface area contributed by atoms with Crippen LogP contribution in [-0.4, -0.2) is 61.8 Å². The molecule has 1 N–H and O–H groups in total. The third-order valence-corrected chi connectivity index (χ3v) is 4.37. The average molecular weight is 384 g/mol. The summed E-state index contributed by atoms with van der Waals surface area (Å²) in [7, 11) is 0. The zero-order valence-corrected chi connectivity index (χ0v) is 16.6. The number of ether oxygens (including phenoxy) is 1. The Hall–Kier alpha value is -1.80. The Bertz CT molecular complexity index is 575. The molecular weight excluding hydrogens is 356 g/mol. The summed E-state index contributed by atoms with van der Waals surface area (Å²) in [5.74, 6) is -0.915. The van der Waals surface area contributed by atoms with Gasteiger partial charge in [0.2, 0.25) is 0 Å². The number of amides is 1. The van der Waals surface area contributed by atoms with Crippen molar-refractivity contribution in [3.63, 3.8) is 0 Å². The van der Waals surface area contributed by atoms with Gasteiger partial charge in [0.05, 0.1) is 6.26 Å². The van der Waals surface area contributed by atoms with Gasteiger partial charge in [-0.15, -0.1) is 0 Å². The third kappa shape index (κ3) is 8.53. The normalized spacial score (nSPS) is 13.7. The zero-order chi connectivity index (χ0) is 19.7. The van der Waals surface area contributed by atoms with E-state index in [-0.39, 0.29) is 18.7 Å². The van der Waals surface area contributed by atoms with Crippen LogP contribution < -0.4 is 0 Å². The fraction of sp³-hybridized carbons (Fsp3) is 0.611. The zero-order valence-electron chi connectivity index (χ0n) is 15.8. The quantitative estimate of drug-likeness (QED) is 0.656. The lowest BCUT2D eigenvalue weighted by Crippen LogP contribution is -2.48. The minimum absolute atomic E-state index is 0.116. The van der Waals surface area contributed by atoms with Crippen LogP contribution in [0.15, 0.2) is 24.5 Å². The van der Waals surface area contributed by atoms with E-state index in [0.717, 1.165) is 5.56 Å². The number of nitrogens with zero attached hydrogens (tertiary/aromatic N) is 2. The van der Waals surface area contributed by atoms with Crippen LogP contribution in [-0.2, 0) is 27.1 Å². The molecule has 0 radical (unpaired) electrons. The fourth-order valence-electron chi connectivity index (χ4n) is 2.38. The van der Waals surface area contributed by atoms with Crippen molar-refractivity contribution in [3.05, 3.63) is 30.1 Å². The molecule has 0 aliphatic carbocycles. The van der Waals surface area contributed by atoms with E-state index in [1.807, 2.05) is 12.1 Å². The van der Waals surface area contributed by atoms with E-state index in [1.165, 1.54) is 11.2 Å². The van der Waals surface area contributed by atoms with E-state index in [9.17, 15) is 19.2 Å². The van der Waals surface area contributed by atoms with E-state index >= 15 is 0 Å². The topological polar surface area (TPSA) is 103 Å². The van der Waals surface area contributed by atoms with Crippen LogP contribution in [0.5, 0.6) is 0 Å². The summed E-state index contributed by atoms with van der Waals surface area (Å²) in [6.07, 6.45) is 5.62. The van der Waals surface area contributed by atoms with Crippen LogP contribution in [0.2, 0.25) is 0 Å². The molecule has 1 rings (SSSR count). The number of carboxylic acids is 1. The summed E-state index contributed by atoms with van der Waals surface area (Å²) in [5, 5.41) is 9.56. The molecule has 26 heavy (non-hydrogen) atoms. The highest BCUT2D eigenvalue weighted by molar-refractivity contribution is 7.90. The molecule has 1 unspecified atom stereocenters. The molecule has 0 spiro atoms. The molecule has 0 saturated heterocycles. The summed E-state index contributed by atoms with van der Waals surface area (Å²) in [6.45, 7) is 5.43. The fourth-order valence-corrected chi connectivity index (χ4v) is 2.94. The van der Waals surface area contributed by atoms with Crippen LogP contribution in [0.25, 0.3) is 0 Å². The third-order valence-electron chi connectivity index (χ3n) is 3.56. The SMILES string of the molecule is C[S+]([O-])CC[C@@H](C(=O)O)N(CCCc1cccnc1)C(=O)OC(C)(C)C. The molecule has 8 heteroatoms. The number of aromatic nitrogens is 1. The van der Waals surface area contributed by atoms with Gasteiger partial charge in [-0.2, -0.15) is 0 Å². The van der Waals surface area contributed by atoms with Gasteiger partial charge in [0, 0.05) is 25.4 Å². The molecule has 0 fully saturated rings. The Kier molecular flexibility index (Phi) is 8.87. The molecule has 1 aromatic heterocycles. The van der Waals surface area contributed by atoms with Crippen LogP contribution in [0.1, 0.15) is 39.2 Å². The molecule has 7 nitrogen and oxygen atoms in total. The molecule has 0 aliphatic heterocycles. The van der Waals surface area contributed by atoms with E-state index < -0.39 is 34.9 Å². The second-order valence-corrected chi connectivity index (χ2v) is 8.61. The Morgan fingerprint density at radius 3 is 2.62 bits per heavy atom. The van der Waals surface area contributed by atoms with Crippen molar-refractivity contribution < 1.29 is 24.0 Å². The van der Waals surface area contributed by atoms with Gasteiger partial charge in [-0.1, -0.05) is 17.2 Å². The average Bonchev–Trinajstić information content (AvgIpc) is 2.52. The number of rotatable bonds is 9. The Morgan fingerprint density at radius 1 is 1.42 bits per heavy atom. The molecule has 1 amide bonds. The van der Waals surface area contributed by atoms with Gasteiger partial charge in [0.25, 0.3) is 0 Å². The Labute approximate surface area is 157 Å². The van der Waals surface area contributed by atoms with Crippen LogP contribution >= 0.6 is 0 Å². The molecule has 0 aromatic carbocycles. The van der Waals surface area contributed by atoms with Crippen molar-refractivity contribution in [2.75, 3.05) is 18.6 Å². The van der Waals surface area contributed by atoms with Gasteiger partial charge in [-0.3, -0.25) is 9.88 Å².